The van der Waals surface area contributed by atoms with Crippen LogP contribution in [0.3, 0.4) is 0 Å². The van der Waals surface area contributed by atoms with Crippen molar-refractivity contribution in [3.8, 4) is 0 Å². The van der Waals surface area contributed by atoms with Gasteiger partial charge in [-0.05, 0) is 25.5 Å². The third-order valence-corrected chi connectivity index (χ3v) is 2.57. The van der Waals surface area contributed by atoms with E-state index < -0.39 is 17.3 Å². The molecule has 0 radical (unpaired) electrons. The van der Waals surface area contributed by atoms with E-state index in [2.05, 4.69) is 10.6 Å². The number of rotatable bonds is 2. The van der Waals surface area contributed by atoms with Crippen LogP contribution in [-0.4, -0.2) is 17.3 Å². The summed E-state index contributed by atoms with van der Waals surface area (Å²) in [5, 5.41) is 4.24. The van der Waals surface area contributed by atoms with Gasteiger partial charge in [0.05, 0.1) is 10.7 Å². The van der Waals surface area contributed by atoms with E-state index in [0.717, 1.165) is 5.56 Å². The van der Waals surface area contributed by atoms with Crippen molar-refractivity contribution in [1.82, 2.24) is 5.32 Å². The minimum Gasteiger partial charge on any atom is -0.306 e. The summed E-state index contributed by atoms with van der Waals surface area (Å²) in [6.45, 7) is 3.28. The van der Waals surface area contributed by atoms with Crippen LogP contribution >= 0.6 is 23.2 Å². The first-order chi connectivity index (χ1) is 7.91. The summed E-state index contributed by atoms with van der Waals surface area (Å²) < 4.78 is 0. The molecular formula is C11H12Cl2N2O2. The predicted molar refractivity (Wildman–Crippen MR) is 68.7 cm³/mol. The first kappa shape index (κ1) is 13.8. The van der Waals surface area contributed by atoms with E-state index in [9.17, 15) is 9.59 Å². The molecule has 2 N–H and O–H groups in total. The molecule has 1 unspecified atom stereocenters. The van der Waals surface area contributed by atoms with E-state index in [0.29, 0.717) is 10.7 Å². The van der Waals surface area contributed by atoms with Crippen molar-refractivity contribution >= 4 is 40.8 Å². The molecule has 6 heteroatoms. The van der Waals surface area contributed by atoms with Crippen LogP contribution in [0.1, 0.15) is 12.5 Å². The number of hydrogen-bond acceptors (Lipinski definition) is 2. The number of carbonyl (C=O) groups excluding carboxylic acids is 2. The number of urea groups is 1. The van der Waals surface area contributed by atoms with E-state index in [4.69, 9.17) is 23.2 Å². The summed E-state index contributed by atoms with van der Waals surface area (Å²) in [7, 11) is 0. The second kappa shape index (κ2) is 5.89. The molecule has 1 rings (SSSR count). The Morgan fingerprint density at radius 2 is 2.00 bits per heavy atom. The van der Waals surface area contributed by atoms with Gasteiger partial charge in [-0.2, -0.15) is 0 Å². The van der Waals surface area contributed by atoms with Crippen molar-refractivity contribution < 1.29 is 9.59 Å². The normalized spacial score (nSPS) is 11.8. The van der Waals surface area contributed by atoms with E-state index >= 15 is 0 Å². The van der Waals surface area contributed by atoms with Gasteiger partial charge in [0.25, 0.3) is 0 Å². The highest BCUT2D eigenvalue weighted by Crippen LogP contribution is 2.24. The van der Waals surface area contributed by atoms with Gasteiger partial charge >= 0.3 is 6.03 Å². The SMILES string of the molecule is Cc1cccc(Cl)c1NC(=O)NC(=O)C(C)Cl. The van der Waals surface area contributed by atoms with Crippen LogP contribution < -0.4 is 10.6 Å². The van der Waals surface area contributed by atoms with Gasteiger partial charge in [-0.1, -0.05) is 23.7 Å². The lowest BCUT2D eigenvalue weighted by Crippen LogP contribution is -2.38. The number of carbonyl (C=O) groups is 2. The van der Waals surface area contributed by atoms with E-state index in [1.54, 1.807) is 25.1 Å². The van der Waals surface area contributed by atoms with Crippen molar-refractivity contribution in [1.29, 1.82) is 0 Å². The molecule has 3 amide bonds. The average molecular weight is 275 g/mol. The molecule has 0 bridgehead atoms. The first-order valence-corrected chi connectivity index (χ1v) is 5.74. The third kappa shape index (κ3) is 3.91. The molecule has 0 saturated heterocycles. The monoisotopic (exact) mass is 274 g/mol. The van der Waals surface area contributed by atoms with Crippen LogP contribution in [-0.2, 0) is 4.79 Å². The molecule has 0 aliphatic carbocycles. The molecule has 17 heavy (non-hydrogen) atoms. The molecule has 0 aliphatic rings. The Labute approximate surface area is 109 Å². The summed E-state index contributed by atoms with van der Waals surface area (Å²) in [6.07, 6.45) is 0. The second-order valence-electron chi connectivity index (χ2n) is 3.49. The molecule has 4 nitrogen and oxygen atoms in total. The Bertz CT molecular complexity index is 427. The van der Waals surface area contributed by atoms with Gasteiger partial charge in [0.2, 0.25) is 5.91 Å². The number of hydrogen-bond donors (Lipinski definition) is 2. The molecule has 0 spiro atoms. The Kier molecular flexibility index (Phi) is 4.78. The smallest absolute Gasteiger partial charge is 0.306 e. The number of imide groups is 1. The summed E-state index contributed by atoms with van der Waals surface area (Å²) in [4.78, 5) is 22.6. The highest BCUT2D eigenvalue weighted by molar-refractivity contribution is 6.34. The van der Waals surface area contributed by atoms with Crippen molar-refractivity contribution in [2.75, 3.05) is 5.32 Å². The minimum atomic E-state index is -0.770. The summed E-state index contributed by atoms with van der Waals surface area (Å²) in [6, 6.07) is 4.56. The fourth-order valence-electron chi connectivity index (χ4n) is 1.15. The number of anilines is 1. The second-order valence-corrected chi connectivity index (χ2v) is 4.55. The zero-order valence-electron chi connectivity index (χ0n) is 9.38. The van der Waals surface area contributed by atoms with Crippen molar-refractivity contribution in [3.05, 3.63) is 28.8 Å². The lowest BCUT2D eigenvalue weighted by atomic mass is 10.2. The zero-order valence-corrected chi connectivity index (χ0v) is 10.9. The zero-order chi connectivity index (χ0) is 13.0. The van der Waals surface area contributed by atoms with Gasteiger partial charge in [-0.15, -0.1) is 11.6 Å². The number of para-hydroxylation sites is 1. The quantitative estimate of drug-likeness (QED) is 0.815. The lowest BCUT2D eigenvalue weighted by Gasteiger charge is -2.11. The Balaban J connectivity index is 2.72. The van der Waals surface area contributed by atoms with Gasteiger partial charge in [0, 0.05) is 0 Å². The summed E-state index contributed by atoms with van der Waals surface area (Å²) in [5.41, 5.74) is 1.28. The number of halogens is 2. The number of nitrogens with one attached hydrogen (secondary N) is 2. The summed E-state index contributed by atoms with van der Waals surface area (Å²) >= 11 is 11.4. The largest absolute Gasteiger partial charge is 0.325 e. The Morgan fingerprint density at radius 1 is 1.35 bits per heavy atom. The van der Waals surface area contributed by atoms with Crippen LogP contribution in [0.4, 0.5) is 10.5 Å². The van der Waals surface area contributed by atoms with Gasteiger partial charge in [-0.3, -0.25) is 10.1 Å². The van der Waals surface area contributed by atoms with Crippen molar-refractivity contribution in [2.45, 2.75) is 19.2 Å². The number of aryl methyl sites for hydroxylation is 1. The lowest BCUT2D eigenvalue weighted by molar-refractivity contribution is -0.119. The van der Waals surface area contributed by atoms with Crippen molar-refractivity contribution in [2.24, 2.45) is 0 Å². The van der Waals surface area contributed by atoms with Crippen molar-refractivity contribution in [3.63, 3.8) is 0 Å². The molecule has 0 heterocycles. The molecule has 1 atom stereocenters. The highest BCUT2D eigenvalue weighted by Gasteiger charge is 2.14. The standard InChI is InChI=1S/C11H12Cl2N2O2/c1-6-4-3-5-8(13)9(6)14-11(17)15-10(16)7(2)12/h3-5,7H,1-2H3,(H2,14,15,16,17). The Morgan fingerprint density at radius 3 is 2.53 bits per heavy atom. The van der Waals surface area contributed by atoms with Crippen LogP contribution in [0, 0.1) is 6.92 Å². The Hall–Kier alpha value is -1.26. The topological polar surface area (TPSA) is 58.2 Å². The maximum absolute atomic E-state index is 11.5. The molecule has 0 saturated carbocycles. The van der Waals surface area contributed by atoms with Gasteiger partial charge in [0.15, 0.2) is 0 Å². The van der Waals surface area contributed by atoms with Crippen LogP contribution in [0.25, 0.3) is 0 Å². The van der Waals surface area contributed by atoms with Gasteiger partial charge in [0.1, 0.15) is 5.38 Å². The number of benzene rings is 1. The van der Waals surface area contributed by atoms with Gasteiger partial charge in [-0.25, -0.2) is 4.79 Å². The molecule has 1 aromatic carbocycles. The molecule has 1 aromatic rings. The number of amides is 3. The molecular weight excluding hydrogens is 263 g/mol. The predicted octanol–water partition coefficient (Wildman–Crippen LogP) is 2.92. The first-order valence-electron chi connectivity index (χ1n) is 4.93. The minimum absolute atomic E-state index is 0.409. The molecule has 0 aromatic heterocycles. The number of alkyl halides is 1. The fourth-order valence-corrected chi connectivity index (χ4v) is 1.47. The van der Waals surface area contributed by atoms with Gasteiger partial charge < -0.3 is 5.32 Å². The molecule has 0 fully saturated rings. The van der Waals surface area contributed by atoms with Crippen LogP contribution in [0.5, 0.6) is 0 Å². The maximum Gasteiger partial charge on any atom is 0.325 e. The molecule has 0 aliphatic heterocycles. The van der Waals surface area contributed by atoms with Crippen LogP contribution in [0.2, 0.25) is 5.02 Å². The summed E-state index contributed by atoms with van der Waals surface area (Å²) in [5.74, 6) is -0.561. The van der Waals surface area contributed by atoms with Crippen LogP contribution in [0.15, 0.2) is 18.2 Å². The third-order valence-electron chi connectivity index (χ3n) is 2.06. The van der Waals surface area contributed by atoms with E-state index in [1.807, 2.05) is 0 Å². The highest BCUT2D eigenvalue weighted by atomic mass is 35.5. The van der Waals surface area contributed by atoms with E-state index in [-0.39, 0.29) is 0 Å². The molecule has 92 valence electrons. The fraction of sp³-hybridized carbons (Fsp3) is 0.273. The average Bonchev–Trinajstić information content (AvgIpc) is 2.23. The van der Waals surface area contributed by atoms with E-state index in [1.165, 1.54) is 6.92 Å². The maximum atomic E-state index is 11.5.